The van der Waals surface area contributed by atoms with E-state index in [0.717, 1.165) is 21.7 Å². The van der Waals surface area contributed by atoms with Crippen LogP contribution in [0.15, 0.2) is 42.7 Å². The highest BCUT2D eigenvalue weighted by Crippen LogP contribution is 2.24. The molecule has 0 aliphatic heterocycles. The third-order valence-corrected chi connectivity index (χ3v) is 2.85. The summed E-state index contributed by atoms with van der Waals surface area (Å²) in [5.74, 6) is -0.0346. The minimum absolute atomic E-state index is 0.0346. The number of ketones is 1. The first-order valence-corrected chi connectivity index (χ1v) is 5.41. The van der Waals surface area contributed by atoms with Crippen LogP contribution in [0.25, 0.3) is 21.7 Å². The lowest BCUT2D eigenvalue weighted by atomic mass is 10.1. The van der Waals surface area contributed by atoms with Gasteiger partial charge in [0, 0.05) is 30.1 Å². The number of para-hydroxylation sites is 1. The van der Waals surface area contributed by atoms with Crippen molar-refractivity contribution in [1.82, 2.24) is 9.97 Å². The van der Waals surface area contributed by atoms with Crippen molar-refractivity contribution in [3.8, 4) is 0 Å². The molecular formula is C14H10N2O. The Balaban J connectivity index is 2.52. The van der Waals surface area contributed by atoms with E-state index in [-0.39, 0.29) is 5.78 Å². The lowest BCUT2D eigenvalue weighted by molar-refractivity contribution is 0.101. The molecule has 0 aliphatic rings. The van der Waals surface area contributed by atoms with E-state index < -0.39 is 0 Å². The molecule has 0 saturated carbocycles. The van der Waals surface area contributed by atoms with E-state index in [0.29, 0.717) is 5.69 Å². The molecule has 0 amide bonds. The van der Waals surface area contributed by atoms with Gasteiger partial charge < -0.3 is 0 Å². The molecule has 0 spiro atoms. The molecular weight excluding hydrogens is 212 g/mol. The SMILES string of the molecule is CC(=O)c1nccc2c1cnc1ccccc12. The number of rotatable bonds is 1. The summed E-state index contributed by atoms with van der Waals surface area (Å²) in [5.41, 5.74) is 1.42. The van der Waals surface area contributed by atoms with Gasteiger partial charge in [-0.3, -0.25) is 14.8 Å². The third kappa shape index (κ3) is 1.47. The van der Waals surface area contributed by atoms with E-state index in [2.05, 4.69) is 9.97 Å². The fourth-order valence-electron chi connectivity index (χ4n) is 2.07. The van der Waals surface area contributed by atoms with Crippen LogP contribution in [0.1, 0.15) is 17.4 Å². The van der Waals surface area contributed by atoms with Crippen LogP contribution in [-0.4, -0.2) is 15.8 Å². The summed E-state index contributed by atoms with van der Waals surface area (Å²) >= 11 is 0. The second kappa shape index (κ2) is 3.63. The van der Waals surface area contributed by atoms with E-state index in [1.54, 1.807) is 12.4 Å². The topological polar surface area (TPSA) is 42.9 Å². The number of hydrogen-bond acceptors (Lipinski definition) is 3. The van der Waals surface area contributed by atoms with Gasteiger partial charge >= 0.3 is 0 Å². The number of carbonyl (C=O) groups excluding carboxylic acids is 1. The van der Waals surface area contributed by atoms with Crippen LogP contribution in [0.3, 0.4) is 0 Å². The Bertz CT molecular complexity index is 734. The number of benzene rings is 1. The van der Waals surface area contributed by atoms with Gasteiger partial charge in [-0.25, -0.2) is 0 Å². The zero-order chi connectivity index (χ0) is 11.8. The first kappa shape index (κ1) is 9.90. The first-order valence-electron chi connectivity index (χ1n) is 5.41. The maximum atomic E-state index is 11.5. The molecule has 3 nitrogen and oxygen atoms in total. The van der Waals surface area contributed by atoms with Crippen molar-refractivity contribution in [2.45, 2.75) is 6.92 Å². The molecule has 0 saturated heterocycles. The van der Waals surface area contributed by atoms with Gasteiger partial charge in [0.05, 0.1) is 5.52 Å². The molecule has 0 unspecified atom stereocenters. The standard InChI is InChI=1S/C14H10N2O/c1-9(17)14-12-8-16-13-5-3-2-4-11(13)10(12)6-7-15-14/h2-8H,1H3. The molecule has 0 atom stereocenters. The summed E-state index contributed by atoms with van der Waals surface area (Å²) in [5, 5.41) is 2.89. The van der Waals surface area contributed by atoms with Crippen LogP contribution in [0.2, 0.25) is 0 Å². The Morgan fingerprint density at radius 3 is 2.65 bits per heavy atom. The summed E-state index contributed by atoms with van der Waals surface area (Å²) in [7, 11) is 0. The Morgan fingerprint density at radius 1 is 1.00 bits per heavy atom. The molecule has 1 aromatic carbocycles. The zero-order valence-electron chi connectivity index (χ0n) is 9.34. The third-order valence-electron chi connectivity index (χ3n) is 2.85. The summed E-state index contributed by atoms with van der Waals surface area (Å²) in [6.07, 6.45) is 3.40. The molecule has 0 radical (unpaired) electrons. The highest BCUT2D eigenvalue weighted by molar-refractivity contribution is 6.12. The highest BCUT2D eigenvalue weighted by atomic mass is 16.1. The normalized spacial score (nSPS) is 10.9. The van der Waals surface area contributed by atoms with Crippen molar-refractivity contribution >= 4 is 27.5 Å². The number of hydrogen-bond donors (Lipinski definition) is 0. The zero-order valence-corrected chi connectivity index (χ0v) is 9.34. The van der Waals surface area contributed by atoms with Gasteiger partial charge in [-0.2, -0.15) is 0 Å². The van der Waals surface area contributed by atoms with Gasteiger partial charge in [0.25, 0.3) is 0 Å². The maximum Gasteiger partial charge on any atom is 0.178 e. The van der Waals surface area contributed by atoms with Crippen LogP contribution in [0, 0.1) is 0 Å². The van der Waals surface area contributed by atoms with Crippen molar-refractivity contribution in [3.05, 3.63) is 48.4 Å². The van der Waals surface area contributed by atoms with Crippen molar-refractivity contribution in [2.75, 3.05) is 0 Å². The quantitative estimate of drug-likeness (QED) is 0.469. The van der Waals surface area contributed by atoms with Crippen molar-refractivity contribution in [3.63, 3.8) is 0 Å². The monoisotopic (exact) mass is 222 g/mol. The molecule has 2 heterocycles. The molecule has 3 aromatic rings. The van der Waals surface area contributed by atoms with Gasteiger partial charge in [0.1, 0.15) is 5.69 Å². The maximum absolute atomic E-state index is 11.5. The number of aromatic nitrogens is 2. The minimum atomic E-state index is -0.0346. The molecule has 2 aromatic heterocycles. The Hall–Kier alpha value is -2.29. The number of fused-ring (bicyclic) bond motifs is 3. The van der Waals surface area contributed by atoms with Gasteiger partial charge in [-0.05, 0) is 17.5 Å². The second-order valence-electron chi connectivity index (χ2n) is 3.95. The van der Waals surface area contributed by atoms with E-state index >= 15 is 0 Å². The largest absolute Gasteiger partial charge is 0.293 e. The van der Waals surface area contributed by atoms with Crippen LogP contribution in [0.4, 0.5) is 0 Å². The van der Waals surface area contributed by atoms with Crippen LogP contribution < -0.4 is 0 Å². The molecule has 82 valence electrons. The molecule has 0 N–H and O–H groups in total. The minimum Gasteiger partial charge on any atom is -0.293 e. The molecule has 3 heteroatoms. The molecule has 0 aliphatic carbocycles. The van der Waals surface area contributed by atoms with Gasteiger partial charge in [0.2, 0.25) is 0 Å². The second-order valence-corrected chi connectivity index (χ2v) is 3.95. The van der Waals surface area contributed by atoms with Gasteiger partial charge in [-0.1, -0.05) is 18.2 Å². The molecule has 3 rings (SSSR count). The average Bonchev–Trinajstić information content (AvgIpc) is 2.37. The fraction of sp³-hybridized carbons (Fsp3) is 0.0714. The Kier molecular flexibility index (Phi) is 2.11. The van der Waals surface area contributed by atoms with Gasteiger partial charge in [-0.15, -0.1) is 0 Å². The number of pyridine rings is 2. The van der Waals surface area contributed by atoms with Crippen molar-refractivity contribution in [1.29, 1.82) is 0 Å². The summed E-state index contributed by atoms with van der Waals surface area (Å²) < 4.78 is 0. The van der Waals surface area contributed by atoms with Crippen LogP contribution in [0.5, 0.6) is 0 Å². The highest BCUT2D eigenvalue weighted by Gasteiger charge is 2.09. The predicted octanol–water partition coefficient (Wildman–Crippen LogP) is 2.99. The number of nitrogens with zero attached hydrogens (tertiary/aromatic N) is 2. The Morgan fingerprint density at radius 2 is 1.82 bits per heavy atom. The van der Waals surface area contributed by atoms with Crippen LogP contribution in [-0.2, 0) is 0 Å². The summed E-state index contributed by atoms with van der Waals surface area (Å²) in [6, 6.07) is 9.81. The van der Waals surface area contributed by atoms with E-state index in [1.165, 1.54) is 6.92 Å². The lowest BCUT2D eigenvalue weighted by Gasteiger charge is -2.05. The van der Waals surface area contributed by atoms with E-state index in [1.807, 2.05) is 30.3 Å². The molecule has 0 fully saturated rings. The predicted molar refractivity (Wildman–Crippen MR) is 67.0 cm³/mol. The van der Waals surface area contributed by atoms with Crippen molar-refractivity contribution < 1.29 is 4.79 Å². The number of Topliss-reactive ketones (excluding diaryl/α,β-unsaturated/α-hetero) is 1. The summed E-state index contributed by atoms with van der Waals surface area (Å²) in [6.45, 7) is 1.52. The smallest absolute Gasteiger partial charge is 0.178 e. The van der Waals surface area contributed by atoms with E-state index in [4.69, 9.17) is 0 Å². The average molecular weight is 222 g/mol. The fourth-order valence-corrected chi connectivity index (χ4v) is 2.07. The first-order chi connectivity index (χ1) is 8.27. The molecule has 0 bridgehead atoms. The summed E-state index contributed by atoms with van der Waals surface area (Å²) in [4.78, 5) is 20.0. The van der Waals surface area contributed by atoms with E-state index in [9.17, 15) is 4.79 Å². The van der Waals surface area contributed by atoms with Gasteiger partial charge in [0.15, 0.2) is 5.78 Å². The van der Waals surface area contributed by atoms with Crippen molar-refractivity contribution in [2.24, 2.45) is 0 Å². The Labute approximate surface area is 98.1 Å². The number of carbonyl (C=O) groups is 1. The molecule has 17 heavy (non-hydrogen) atoms. The van der Waals surface area contributed by atoms with Crippen LogP contribution >= 0.6 is 0 Å². The lowest BCUT2D eigenvalue weighted by Crippen LogP contribution is -1.98.